The van der Waals surface area contributed by atoms with Gasteiger partial charge >= 0.3 is 5.97 Å². The summed E-state index contributed by atoms with van der Waals surface area (Å²) < 4.78 is 7.06. The molecule has 0 fully saturated rings. The van der Waals surface area contributed by atoms with Gasteiger partial charge in [0.25, 0.3) is 0 Å². The molecule has 2 heterocycles. The lowest BCUT2D eigenvalue weighted by Crippen LogP contribution is -2.21. The molecule has 2 aromatic rings. The summed E-state index contributed by atoms with van der Waals surface area (Å²) in [6.45, 7) is 6.56. The predicted octanol–water partition coefficient (Wildman–Crippen LogP) is 3.27. The Labute approximate surface area is 135 Å². The normalized spacial score (nSPS) is 16.6. The molecule has 1 aliphatic heterocycles. The summed E-state index contributed by atoms with van der Waals surface area (Å²) in [6, 6.07) is 10.1. The molecule has 0 aliphatic carbocycles. The molecule has 0 unspecified atom stereocenters. The van der Waals surface area contributed by atoms with Gasteiger partial charge in [-0.25, -0.2) is 9.79 Å². The topological polar surface area (TPSA) is 56.5 Å². The first kappa shape index (κ1) is 15.2. The molecule has 3 rings (SSSR count). The number of hydrogen-bond acceptors (Lipinski definition) is 4. The Kier molecular flexibility index (Phi) is 3.86. The van der Waals surface area contributed by atoms with Crippen LogP contribution in [0.4, 0.5) is 0 Å². The third kappa shape index (κ3) is 3.56. The number of ether oxygens (including phenoxy) is 1. The van der Waals surface area contributed by atoms with Crippen LogP contribution in [-0.4, -0.2) is 21.6 Å². The van der Waals surface area contributed by atoms with Gasteiger partial charge in [-0.2, -0.15) is 5.10 Å². The molecule has 0 bridgehead atoms. The molecule has 1 aliphatic rings. The fraction of sp³-hybridized carbons (Fsp3) is 0.278. The lowest BCUT2D eigenvalue weighted by atomic mass is 9.97. The van der Waals surface area contributed by atoms with Crippen molar-refractivity contribution in [2.24, 2.45) is 10.4 Å². The van der Waals surface area contributed by atoms with Gasteiger partial charge in [0.2, 0.25) is 5.90 Å². The Morgan fingerprint density at radius 2 is 1.96 bits per heavy atom. The molecule has 0 amide bonds. The van der Waals surface area contributed by atoms with Crippen LogP contribution in [0.5, 0.6) is 0 Å². The second-order valence-corrected chi connectivity index (χ2v) is 6.54. The standard InChI is InChI=1S/C18H19N3O2/c1-18(2,3)17-20-15(16(22)23-17)9-14-10-19-21(12-14)11-13-7-5-4-6-8-13/h4-10,12H,11H2,1-3H3. The Hall–Kier alpha value is -2.69. The number of carbonyl (C=O) groups excluding carboxylic acids is 1. The smallest absolute Gasteiger partial charge is 0.363 e. The molecule has 1 aromatic carbocycles. The van der Waals surface area contributed by atoms with Crippen molar-refractivity contribution in [2.45, 2.75) is 27.3 Å². The number of esters is 1. The van der Waals surface area contributed by atoms with E-state index >= 15 is 0 Å². The minimum atomic E-state index is -0.411. The summed E-state index contributed by atoms with van der Waals surface area (Å²) >= 11 is 0. The summed E-state index contributed by atoms with van der Waals surface area (Å²) in [4.78, 5) is 16.2. The molecule has 0 atom stereocenters. The molecule has 0 radical (unpaired) electrons. The van der Waals surface area contributed by atoms with E-state index in [1.165, 1.54) is 5.56 Å². The van der Waals surface area contributed by atoms with Gasteiger partial charge in [0.1, 0.15) is 0 Å². The van der Waals surface area contributed by atoms with Crippen molar-refractivity contribution in [3.8, 4) is 0 Å². The van der Waals surface area contributed by atoms with E-state index < -0.39 is 5.97 Å². The Bertz CT molecular complexity index is 780. The van der Waals surface area contributed by atoms with Crippen LogP contribution in [0.25, 0.3) is 6.08 Å². The minimum absolute atomic E-state index is 0.289. The fourth-order valence-electron chi connectivity index (χ4n) is 2.20. The van der Waals surface area contributed by atoms with Gasteiger partial charge in [-0.15, -0.1) is 0 Å². The largest absolute Gasteiger partial charge is 0.406 e. The highest BCUT2D eigenvalue weighted by molar-refractivity contribution is 6.08. The number of cyclic esters (lactones) is 1. The Morgan fingerprint density at radius 1 is 1.22 bits per heavy atom. The van der Waals surface area contributed by atoms with Crippen LogP contribution in [-0.2, 0) is 16.1 Å². The van der Waals surface area contributed by atoms with E-state index in [0.29, 0.717) is 18.1 Å². The third-order valence-corrected chi connectivity index (χ3v) is 3.41. The zero-order valence-electron chi connectivity index (χ0n) is 13.5. The maximum Gasteiger partial charge on any atom is 0.363 e. The lowest BCUT2D eigenvalue weighted by Gasteiger charge is -2.15. The second kappa shape index (κ2) is 5.83. The molecule has 0 saturated carbocycles. The monoisotopic (exact) mass is 309 g/mol. The maximum absolute atomic E-state index is 11.9. The second-order valence-electron chi connectivity index (χ2n) is 6.54. The molecule has 0 N–H and O–H groups in total. The van der Waals surface area contributed by atoms with Crippen molar-refractivity contribution in [1.82, 2.24) is 9.78 Å². The minimum Gasteiger partial charge on any atom is -0.406 e. The Morgan fingerprint density at radius 3 is 2.61 bits per heavy atom. The first-order valence-corrected chi connectivity index (χ1v) is 7.51. The zero-order chi connectivity index (χ0) is 16.4. The summed E-state index contributed by atoms with van der Waals surface area (Å²) in [5.74, 6) is 0.0381. The van der Waals surface area contributed by atoms with E-state index in [-0.39, 0.29) is 5.41 Å². The first-order chi connectivity index (χ1) is 10.9. The molecule has 0 spiro atoms. The Balaban J connectivity index is 1.79. The van der Waals surface area contributed by atoms with Crippen molar-refractivity contribution >= 4 is 17.9 Å². The van der Waals surface area contributed by atoms with Crippen LogP contribution in [0.2, 0.25) is 0 Å². The van der Waals surface area contributed by atoms with E-state index in [2.05, 4.69) is 10.1 Å². The van der Waals surface area contributed by atoms with Crippen molar-refractivity contribution in [2.75, 3.05) is 0 Å². The number of nitrogens with zero attached hydrogens (tertiary/aromatic N) is 3. The number of aromatic nitrogens is 2. The summed E-state index contributed by atoms with van der Waals surface area (Å²) in [7, 11) is 0. The summed E-state index contributed by atoms with van der Waals surface area (Å²) in [5, 5.41) is 4.32. The van der Waals surface area contributed by atoms with Crippen LogP contribution >= 0.6 is 0 Å². The molecule has 118 valence electrons. The van der Waals surface area contributed by atoms with Gasteiger partial charge in [0.05, 0.1) is 12.7 Å². The van der Waals surface area contributed by atoms with Crippen molar-refractivity contribution < 1.29 is 9.53 Å². The van der Waals surface area contributed by atoms with E-state index in [0.717, 1.165) is 5.56 Å². The SMILES string of the molecule is CC(C)(C)C1=NC(=Cc2cnn(Cc3ccccc3)c2)C(=O)O1. The molecular weight excluding hydrogens is 290 g/mol. The molecule has 23 heavy (non-hydrogen) atoms. The van der Waals surface area contributed by atoms with Gasteiger partial charge in [-0.1, -0.05) is 51.1 Å². The van der Waals surface area contributed by atoms with Crippen molar-refractivity contribution in [3.63, 3.8) is 0 Å². The highest BCUT2D eigenvalue weighted by Gasteiger charge is 2.31. The van der Waals surface area contributed by atoms with E-state index in [9.17, 15) is 4.79 Å². The lowest BCUT2D eigenvalue weighted by molar-refractivity contribution is -0.130. The van der Waals surface area contributed by atoms with Crippen LogP contribution in [0.15, 0.2) is 53.4 Å². The van der Waals surface area contributed by atoms with Crippen LogP contribution in [0.1, 0.15) is 31.9 Å². The predicted molar refractivity (Wildman–Crippen MR) is 88.7 cm³/mol. The van der Waals surface area contributed by atoms with Crippen molar-refractivity contribution in [1.29, 1.82) is 0 Å². The molecule has 0 saturated heterocycles. The van der Waals surface area contributed by atoms with Gasteiger partial charge in [0.15, 0.2) is 5.70 Å². The van der Waals surface area contributed by atoms with E-state index in [1.54, 1.807) is 12.3 Å². The average Bonchev–Trinajstić information content (AvgIpc) is 3.08. The number of benzene rings is 1. The average molecular weight is 309 g/mol. The molecule has 1 aromatic heterocycles. The van der Waals surface area contributed by atoms with Crippen molar-refractivity contribution in [3.05, 3.63) is 59.5 Å². The first-order valence-electron chi connectivity index (χ1n) is 7.51. The van der Waals surface area contributed by atoms with Crippen LogP contribution in [0, 0.1) is 5.41 Å². The van der Waals surface area contributed by atoms with Crippen LogP contribution in [0.3, 0.4) is 0 Å². The quantitative estimate of drug-likeness (QED) is 0.646. The van der Waals surface area contributed by atoms with Gasteiger partial charge in [0, 0.05) is 17.2 Å². The van der Waals surface area contributed by atoms with Gasteiger partial charge in [-0.05, 0) is 11.6 Å². The van der Waals surface area contributed by atoms with E-state index in [1.807, 2.05) is 62.0 Å². The highest BCUT2D eigenvalue weighted by Crippen LogP contribution is 2.25. The fourth-order valence-corrected chi connectivity index (χ4v) is 2.20. The zero-order valence-corrected chi connectivity index (χ0v) is 13.5. The molecule has 5 heteroatoms. The molecule has 5 nitrogen and oxygen atoms in total. The summed E-state index contributed by atoms with van der Waals surface area (Å²) in [6.07, 6.45) is 5.31. The van der Waals surface area contributed by atoms with Crippen LogP contribution < -0.4 is 0 Å². The van der Waals surface area contributed by atoms with E-state index in [4.69, 9.17) is 4.74 Å². The highest BCUT2D eigenvalue weighted by atomic mass is 16.6. The molecular formula is C18H19N3O2. The number of aliphatic imine (C=N–C) groups is 1. The number of rotatable bonds is 3. The summed E-state index contributed by atoms with van der Waals surface area (Å²) in [5.41, 5.74) is 2.02. The number of hydrogen-bond donors (Lipinski definition) is 0. The van der Waals surface area contributed by atoms with Gasteiger partial charge in [-0.3, -0.25) is 4.68 Å². The van der Waals surface area contributed by atoms with Gasteiger partial charge < -0.3 is 4.74 Å². The maximum atomic E-state index is 11.9. The third-order valence-electron chi connectivity index (χ3n) is 3.41. The number of carbonyl (C=O) groups is 1.